The molecule has 0 spiro atoms. The fourth-order valence-electron chi connectivity index (χ4n) is 5.30. The predicted molar refractivity (Wildman–Crippen MR) is 159 cm³/mol. The molecule has 1 saturated carbocycles. The van der Waals surface area contributed by atoms with Gasteiger partial charge in [0.25, 0.3) is 5.91 Å². The van der Waals surface area contributed by atoms with Crippen LogP contribution in [0.15, 0.2) is 54.6 Å². The van der Waals surface area contributed by atoms with Crippen molar-refractivity contribution in [1.82, 2.24) is 10.2 Å². The van der Waals surface area contributed by atoms with Gasteiger partial charge in [-0.25, -0.2) is 0 Å². The van der Waals surface area contributed by atoms with Crippen LogP contribution in [0.2, 0.25) is 0 Å². The summed E-state index contributed by atoms with van der Waals surface area (Å²) in [5, 5.41) is 6.37. The van der Waals surface area contributed by atoms with Crippen LogP contribution in [0.25, 0.3) is 0 Å². The standard InChI is InChI=1S/C31H46N3O4P/c1-4-19-34(20-5-2)31(36)26-15-12-18-28(22-26)32-29(21-25-13-8-6-9-14-25)39(37,38)23-24(3)30(35)33-27-16-10-7-11-17-27/h6,8-9,12-15,18,22,24,27,29,32H,4-5,7,10-11,16-17,19-21,23H2,1-3H3,(H,33,35)(H,37,38)/t24?,29-/m1/s1. The summed E-state index contributed by atoms with van der Waals surface area (Å²) in [6, 6.07) is 16.9. The number of amides is 2. The Hall–Kier alpha value is -2.63. The van der Waals surface area contributed by atoms with Crippen molar-refractivity contribution in [2.75, 3.05) is 24.6 Å². The van der Waals surface area contributed by atoms with E-state index in [9.17, 15) is 19.0 Å². The SMILES string of the molecule is CCCN(CCC)C(=O)c1cccc(N[C@@H](Cc2ccccc2)P(=O)(O)CC(C)C(=O)NC2CCCCC2)c1. The van der Waals surface area contributed by atoms with Gasteiger partial charge < -0.3 is 20.4 Å². The van der Waals surface area contributed by atoms with Gasteiger partial charge in [-0.15, -0.1) is 0 Å². The number of hydrogen-bond donors (Lipinski definition) is 3. The van der Waals surface area contributed by atoms with Gasteiger partial charge in [0.15, 0.2) is 0 Å². The molecular weight excluding hydrogens is 509 g/mol. The van der Waals surface area contributed by atoms with E-state index in [1.807, 2.05) is 41.3 Å². The zero-order chi connectivity index (χ0) is 28.3. The number of benzene rings is 2. The van der Waals surface area contributed by atoms with Gasteiger partial charge in [0, 0.05) is 48.9 Å². The fourth-order valence-corrected chi connectivity index (χ4v) is 7.35. The lowest BCUT2D eigenvalue weighted by Crippen LogP contribution is -2.40. The minimum Gasteiger partial charge on any atom is -0.373 e. The van der Waals surface area contributed by atoms with Crippen molar-refractivity contribution in [3.05, 3.63) is 65.7 Å². The van der Waals surface area contributed by atoms with Gasteiger partial charge >= 0.3 is 0 Å². The van der Waals surface area contributed by atoms with Crippen molar-refractivity contribution in [3.63, 3.8) is 0 Å². The Morgan fingerprint density at radius 2 is 1.67 bits per heavy atom. The third kappa shape index (κ3) is 9.51. The number of carbonyl (C=O) groups excluding carboxylic acids is 2. The number of nitrogens with one attached hydrogen (secondary N) is 2. The van der Waals surface area contributed by atoms with Crippen molar-refractivity contribution >= 4 is 24.9 Å². The fraction of sp³-hybridized carbons (Fsp3) is 0.548. The molecule has 214 valence electrons. The van der Waals surface area contributed by atoms with Gasteiger partial charge in [0.1, 0.15) is 5.78 Å². The van der Waals surface area contributed by atoms with Crippen molar-refractivity contribution in [1.29, 1.82) is 0 Å². The summed E-state index contributed by atoms with van der Waals surface area (Å²) in [6.07, 6.45) is 7.31. The molecule has 7 nitrogen and oxygen atoms in total. The van der Waals surface area contributed by atoms with Crippen LogP contribution < -0.4 is 10.6 Å². The maximum Gasteiger partial charge on any atom is 0.253 e. The molecule has 8 heteroatoms. The number of anilines is 1. The highest BCUT2D eigenvalue weighted by atomic mass is 31.2. The quantitative estimate of drug-likeness (QED) is 0.238. The molecule has 0 aliphatic heterocycles. The number of rotatable bonds is 14. The van der Waals surface area contributed by atoms with E-state index < -0.39 is 19.1 Å². The molecule has 0 saturated heterocycles. The molecule has 2 amide bonds. The van der Waals surface area contributed by atoms with Gasteiger partial charge in [-0.2, -0.15) is 0 Å². The summed E-state index contributed by atoms with van der Waals surface area (Å²) in [5.41, 5.74) is 2.09. The molecule has 0 bridgehead atoms. The molecule has 0 radical (unpaired) electrons. The van der Waals surface area contributed by atoms with Gasteiger partial charge in [0.2, 0.25) is 13.3 Å². The minimum absolute atomic E-state index is 0.0397. The summed E-state index contributed by atoms with van der Waals surface area (Å²) in [6.45, 7) is 7.21. The lowest BCUT2D eigenvalue weighted by molar-refractivity contribution is -0.124. The van der Waals surface area contributed by atoms with Crippen LogP contribution in [0.3, 0.4) is 0 Å². The van der Waals surface area contributed by atoms with Crippen LogP contribution in [0.1, 0.15) is 81.6 Å². The van der Waals surface area contributed by atoms with Crippen molar-refractivity contribution in [3.8, 4) is 0 Å². The smallest absolute Gasteiger partial charge is 0.253 e. The monoisotopic (exact) mass is 555 g/mol. The molecule has 3 rings (SSSR count). The van der Waals surface area contributed by atoms with Crippen LogP contribution in [0, 0.1) is 5.92 Å². The second kappa shape index (κ2) is 15.2. The largest absolute Gasteiger partial charge is 0.373 e. The van der Waals surface area contributed by atoms with E-state index in [-0.39, 0.29) is 24.0 Å². The second-order valence-corrected chi connectivity index (χ2v) is 13.4. The number of nitrogens with zero attached hydrogens (tertiary/aromatic N) is 1. The summed E-state index contributed by atoms with van der Waals surface area (Å²) in [5.74, 6) is -1.60. The van der Waals surface area contributed by atoms with Crippen molar-refractivity contribution in [2.24, 2.45) is 5.92 Å². The van der Waals surface area contributed by atoms with Crippen molar-refractivity contribution in [2.45, 2.75) is 84.0 Å². The zero-order valence-electron chi connectivity index (χ0n) is 23.8. The Kier molecular flexibility index (Phi) is 12.1. The molecule has 3 N–H and O–H groups in total. The summed E-state index contributed by atoms with van der Waals surface area (Å²) in [7, 11) is -3.84. The number of hydrogen-bond acceptors (Lipinski definition) is 4. The predicted octanol–water partition coefficient (Wildman–Crippen LogP) is 6.28. The first-order valence-electron chi connectivity index (χ1n) is 14.5. The van der Waals surface area contributed by atoms with E-state index in [0.29, 0.717) is 30.8 Å². The van der Waals surface area contributed by atoms with E-state index in [1.54, 1.807) is 25.1 Å². The summed E-state index contributed by atoms with van der Waals surface area (Å²) >= 11 is 0. The Morgan fingerprint density at radius 3 is 2.31 bits per heavy atom. The van der Waals surface area contributed by atoms with Crippen LogP contribution in [0.4, 0.5) is 5.69 Å². The van der Waals surface area contributed by atoms with E-state index in [1.165, 1.54) is 6.42 Å². The lowest BCUT2D eigenvalue weighted by Gasteiger charge is -2.29. The Labute approximate surface area is 234 Å². The van der Waals surface area contributed by atoms with Crippen LogP contribution in [0.5, 0.6) is 0 Å². The third-order valence-electron chi connectivity index (χ3n) is 7.41. The first-order chi connectivity index (χ1) is 18.7. The van der Waals surface area contributed by atoms with Crippen LogP contribution in [-0.4, -0.2) is 52.7 Å². The van der Waals surface area contributed by atoms with Crippen LogP contribution >= 0.6 is 7.37 Å². The normalized spacial score (nSPS) is 17.0. The molecule has 2 aromatic rings. The van der Waals surface area contributed by atoms with E-state index in [0.717, 1.165) is 44.1 Å². The maximum absolute atomic E-state index is 13.9. The average molecular weight is 556 g/mol. The molecule has 2 aromatic carbocycles. The first-order valence-corrected chi connectivity index (χ1v) is 16.5. The molecule has 3 atom stereocenters. The van der Waals surface area contributed by atoms with Crippen molar-refractivity contribution < 1.29 is 19.0 Å². The Morgan fingerprint density at radius 1 is 1.00 bits per heavy atom. The molecule has 1 aliphatic carbocycles. The average Bonchev–Trinajstić information content (AvgIpc) is 2.93. The highest BCUT2D eigenvalue weighted by Gasteiger charge is 2.35. The molecule has 0 aromatic heterocycles. The van der Waals surface area contributed by atoms with E-state index in [4.69, 9.17) is 0 Å². The molecule has 1 aliphatic rings. The lowest BCUT2D eigenvalue weighted by atomic mass is 9.95. The highest BCUT2D eigenvalue weighted by molar-refractivity contribution is 7.59. The third-order valence-corrected chi connectivity index (χ3v) is 9.77. The number of carbonyl (C=O) groups is 2. The van der Waals surface area contributed by atoms with Gasteiger partial charge in [-0.1, -0.05) is 76.4 Å². The van der Waals surface area contributed by atoms with E-state index in [2.05, 4.69) is 24.5 Å². The van der Waals surface area contributed by atoms with Gasteiger partial charge in [0.05, 0.1) is 0 Å². The molecular formula is C31H46N3O4P. The van der Waals surface area contributed by atoms with Gasteiger partial charge in [-0.05, 0) is 49.4 Å². The maximum atomic E-state index is 13.9. The van der Waals surface area contributed by atoms with E-state index >= 15 is 0 Å². The first kappa shape index (κ1) is 30.9. The Bertz CT molecular complexity index is 1100. The highest BCUT2D eigenvalue weighted by Crippen LogP contribution is 2.49. The summed E-state index contributed by atoms with van der Waals surface area (Å²) < 4.78 is 13.9. The topological polar surface area (TPSA) is 98.7 Å². The molecule has 39 heavy (non-hydrogen) atoms. The summed E-state index contributed by atoms with van der Waals surface area (Å²) in [4.78, 5) is 39.3. The molecule has 2 unspecified atom stereocenters. The molecule has 1 fully saturated rings. The second-order valence-electron chi connectivity index (χ2n) is 10.9. The van der Waals surface area contributed by atoms with Gasteiger partial charge in [-0.3, -0.25) is 14.2 Å². The zero-order valence-corrected chi connectivity index (χ0v) is 24.7. The Balaban J connectivity index is 1.78. The minimum atomic E-state index is -3.84. The molecule has 0 heterocycles. The van der Waals surface area contributed by atoms with Crippen LogP contribution in [-0.2, 0) is 15.8 Å².